The molecule has 1 aliphatic heterocycles. The van der Waals surface area contributed by atoms with E-state index in [0.29, 0.717) is 12.5 Å². The molecule has 1 N–H and O–H groups in total. The van der Waals surface area contributed by atoms with Gasteiger partial charge in [0.1, 0.15) is 5.82 Å². The maximum Gasteiger partial charge on any atom is 0.237 e. The molecule has 0 unspecified atom stereocenters. The van der Waals surface area contributed by atoms with Crippen molar-refractivity contribution in [1.29, 1.82) is 0 Å². The fourth-order valence-electron chi connectivity index (χ4n) is 2.97. The summed E-state index contributed by atoms with van der Waals surface area (Å²) in [6.07, 6.45) is 2.80. The van der Waals surface area contributed by atoms with E-state index >= 15 is 0 Å². The molecule has 1 saturated heterocycles. The highest BCUT2D eigenvalue weighted by molar-refractivity contribution is 5.82. The van der Waals surface area contributed by atoms with Gasteiger partial charge in [-0.25, -0.2) is 4.98 Å². The highest BCUT2D eigenvalue weighted by Gasteiger charge is 2.30. The number of likely N-dealkylation sites (N-methyl/N-ethyl adjacent to an activating group) is 1. The molecule has 134 valence electrons. The molecule has 0 radical (unpaired) electrons. The van der Waals surface area contributed by atoms with Gasteiger partial charge in [0.2, 0.25) is 5.91 Å². The van der Waals surface area contributed by atoms with Crippen LogP contribution >= 0.6 is 0 Å². The van der Waals surface area contributed by atoms with E-state index in [1.54, 1.807) is 7.11 Å². The number of methoxy groups -OCH3 is 1. The number of nitrogens with zero attached hydrogens (tertiary/aromatic N) is 3. The molecule has 2 heterocycles. The average Bonchev–Trinajstić information content (AvgIpc) is 2.56. The number of nitrogens with one attached hydrogen (secondary N) is 1. The van der Waals surface area contributed by atoms with Gasteiger partial charge in [-0.15, -0.1) is 0 Å². The van der Waals surface area contributed by atoms with Gasteiger partial charge in [0.05, 0.1) is 12.6 Å². The Bertz CT molecular complexity index is 518. The maximum absolute atomic E-state index is 12.2. The lowest BCUT2D eigenvalue weighted by molar-refractivity contribution is -0.130. The number of anilines is 1. The summed E-state index contributed by atoms with van der Waals surface area (Å²) < 4.78 is 5.10. The first-order chi connectivity index (χ1) is 11.5. The van der Waals surface area contributed by atoms with Crippen LogP contribution in [0.1, 0.15) is 25.8 Å². The van der Waals surface area contributed by atoms with Gasteiger partial charge in [-0.2, -0.15) is 0 Å². The molecule has 0 aromatic carbocycles. The van der Waals surface area contributed by atoms with Crippen LogP contribution in [-0.2, 0) is 16.1 Å². The molecule has 1 atom stereocenters. The summed E-state index contributed by atoms with van der Waals surface area (Å²) in [5, 5.41) is 2.98. The lowest BCUT2D eigenvalue weighted by Crippen LogP contribution is -2.55. The first-order valence-corrected chi connectivity index (χ1v) is 8.68. The Kier molecular flexibility index (Phi) is 6.99. The number of hydrogen-bond donors (Lipinski definition) is 1. The molecule has 0 bridgehead atoms. The van der Waals surface area contributed by atoms with Gasteiger partial charge in [-0.05, 0) is 24.0 Å². The number of ether oxygens (including phenoxy) is 1. The summed E-state index contributed by atoms with van der Waals surface area (Å²) >= 11 is 0. The molecule has 2 rings (SSSR count). The van der Waals surface area contributed by atoms with Gasteiger partial charge in [0, 0.05) is 46.5 Å². The predicted molar refractivity (Wildman–Crippen MR) is 96.0 cm³/mol. The van der Waals surface area contributed by atoms with Crippen LogP contribution in [0.15, 0.2) is 18.3 Å². The summed E-state index contributed by atoms with van der Waals surface area (Å²) in [5.41, 5.74) is 1.14. The van der Waals surface area contributed by atoms with Crippen LogP contribution in [-0.4, -0.2) is 62.2 Å². The third kappa shape index (κ3) is 5.18. The second kappa shape index (κ2) is 8.99. The minimum Gasteiger partial charge on any atom is -0.383 e. The van der Waals surface area contributed by atoms with E-state index < -0.39 is 0 Å². The van der Waals surface area contributed by atoms with Crippen molar-refractivity contribution in [2.24, 2.45) is 5.92 Å². The van der Waals surface area contributed by atoms with Crippen LogP contribution in [0.3, 0.4) is 0 Å². The number of piperazine rings is 1. The van der Waals surface area contributed by atoms with Crippen molar-refractivity contribution >= 4 is 11.7 Å². The summed E-state index contributed by atoms with van der Waals surface area (Å²) in [7, 11) is 3.71. The second-order valence-electron chi connectivity index (χ2n) is 6.85. The number of carbonyl (C=O) groups excluding carboxylic acids is 1. The van der Waals surface area contributed by atoms with Crippen LogP contribution in [0, 0.1) is 5.92 Å². The molecule has 1 amide bonds. The van der Waals surface area contributed by atoms with Crippen molar-refractivity contribution in [2.45, 2.75) is 32.9 Å². The van der Waals surface area contributed by atoms with Crippen molar-refractivity contribution in [3.8, 4) is 0 Å². The Morgan fingerprint density at radius 3 is 2.88 bits per heavy atom. The minimum atomic E-state index is -0.0391. The summed E-state index contributed by atoms with van der Waals surface area (Å²) in [5.74, 6) is 1.58. The SMILES string of the molecule is COCCN(C)c1ccc(CN2CCNC(=O)[C@@H]2CC(C)C)cn1. The van der Waals surface area contributed by atoms with E-state index in [1.165, 1.54) is 0 Å². The van der Waals surface area contributed by atoms with Gasteiger partial charge in [0.15, 0.2) is 0 Å². The third-order valence-corrected chi connectivity index (χ3v) is 4.35. The molecule has 1 aromatic rings. The van der Waals surface area contributed by atoms with Gasteiger partial charge >= 0.3 is 0 Å². The molecule has 0 aliphatic carbocycles. The van der Waals surface area contributed by atoms with E-state index in [0.717, 1.165) is 44.0 Å². The Morgan fingerprint density at radius 1 is 1.46 bits per heavy atom. The zero-order valence-electron chi connectivity index (χ0n) is 15.3. The minimum absolute atomic E-state index is 0.0391. The van der Waals surface area contributed by atoms with Gasteiger partial charge in [0.25, 0.3) is 0 Å². The van der Waals surface area contributed by atoms with E-state index in [9.17, 15) is 4.79 Å². The topological polar surface area (TPSA) is 57.7 Å². The lowest BCUT2D eigenvalue weighted by Gasteiger charge is -2.36. The van der Waals surface area contributed by atoms with Gasteiger partial charge < -0.3 is 15.0 Å². The Hall–Kier alpha value is -1.66. The second-order valence-corrected chi connectivity index (χ2v) is 6.85. The zero-order valence-corrected chi connectivity index (χ0v) is 15.3. The van der Waals surface area contributed by atoms with Crippen molar-refractivity contribution in [3.63, 3.8) is 0 Å². The van der Waals surface area contributed by atoms with E-state index in [4.69, 9.17) is 4.74 Å². The van der Waals surface area contributed by atoms with Crippen LogP contribution in [0.2, 0.25) is 0 Å². The molecule has 1 fully saturated rings. The number of amides is 1. The molecule has 0 saturated carbocycles. The molecule has 1 aromatic heterocycles. The van der Waals surface area contributed by atoms with Gasteiger partial charge in [-0.1, -0.05) is 19.9 Å². The molecule has 1 aliphatic rings. The highest BCUT2D eigenvalue weighted by atomic mass is 16.5. The number of carbonyl (C=O) groups is 1. The molecule has 6 nitrogen and oxygen atoms in total. The number of hydrogen-bond acceptors (Lipinski definition) is 5. The standard InChI is InChI=1S/C18H30N4O2/c1-14(2)11-16-18(23)19-7-8-22(16)13-15-5-6-17(20-12-15)21(3)9-10-24-4/h5-6,12,14,16H,7-11,13H2,1-4H3,(H,19,23)/t16-/m0/s1. The fourth-order valence-corrected chi connectivity index (χ4v) is 2.97. The predicted octanol–water partition coefficient (Wildman–Crippen LogP) is 1.51. The smallest absolute Gasteiger partial charge is 0.237 e. The first-order valence-electron chi connectivity index (χ1n) is 8.68. The molecular weight excluding hydrogens is 304 g/mol. The number of rotatable bonds is 8. The van der Waals surface area contributed by atoms with Crippen LogP contribution < -0.4 is 10.2 Å². The summed E-state index contributed by atoms with van der Waals surface area (Å²) in [6, 6.07) is 4.10. The normalized spacial score (nSPS) is 18.7. The first kappa shape index (κ1) is 18.7. The summed E-state index contributed by atoms with van der Waals surface area (Å²) in [6.45, 7) is 8.18. The molecule has 24 heavy (non-hydrogen) atoms. The van der Waals surface area contributed by atoms with E-state index in [-0.39, 0.29) is 11.9 Å². The fraction of sp³-hybridized carbons (Fsp3) is 0.667. The lowest BCUT2D eigenvalue weighted by atomic mass is 9.99. The molecule has 6 heteroatoms. The van der Waals surface area contributed by atoms with Gasteiger partial charge in [-0.3, -0.25) is 9.69 Å². The number of aromatic nitrogens is 1. The quantitative estimate of drug-likeness (QED) is 0.781. The van der Waals surface area contributed by atoms with Crippen molar-refractivity contribution in [2.75, 3.05) is 45.3 Å². The monoisotopic (exact) mass is 334 g/mol. The molecular formula is C18H30N4O2. The van der Waals surface area contributed by atoms with Crippen molar-refractivity contribution in [1.82, 2.24) is 15.2 Å². The Balaban J connectivity index is 1.99. The van der Waals surface area contributed by atoms with Crippen LogP contribution in [0.25, 0.3) is 0 Å². The Labute approximate surface area is 145 Å². The zero-order chi connectivity index (χ0) is 17.5. The highest BCUT2D eigenvalue weighted by Crippen LogP contribution is 2.18. The Morgan fingerprint density at radius 2 is 2.25 bits per heavy atom. The van der Waals surface area contributed by atoms with Crippen molar-refractivity contribution in [3.05, 3.63) is 23.9 Å². The largest absolute Gasteiger partial charge is 0.383 e. The van der Waals surface area contributed by atoms with Crippen LogP contribution in [0.5, 0.6) is 0 Å². The maximum atomic E-state index is 12.2. The summed E-state index contributed by atoms with van der Waals surface area (Å²) in [4.78, 5) is 21.1. The van der Waals surface area contributed by atoms with E-state index in [2.05, 4.69) is 40.0 Å². The molecule has 0 spiro atoms. The number of pyridine rings is 1. The van der Waals surface area contributed by atoms with E-state index in [1.807, 2.05) is 19.3 Å². The van der Waals surface area contributed by atoms with Crippen molar-refractivity contribution < 1.29 is 9.53 Å². The van der Waals surface area contributed by atoms with Crippen LogP contribution in [0.4, 0.5) is 5.82 Å². The third-order valence-electron chi connectivity index (χ3n) is 4.35. The average molecular weight is 334 g/mol.